The SMILES string of the molecule is CCC[C@@](C)(CCCCN1CCCCCC1)On1c(=O)[nH]c2c(N)ncnc21. The molecule has 1 fully saturated rings. The number of aromatic amines is 1. The quantitative estimate of drug-likeness (QED) is 0.638. The van der Waals surface area contributed by atoms with Crippen molar-refractivity contribution in [1.82, 2.24) is 24.6 Å². The van der Waals surface area contributed by atoms with Gasteiger partial charge in [-0.3, -0.25) is 4.98 Å². The number of hydrogen-bond acceptors (Lipinski definition) is 6. The van der Waals surface area contributed by atoms with Crippen molar-refractivity contribution in [3.63, 3.8) is 0 Å². The molecule has 3 N–H and O–H groups in total. The minimum absolute atomic E-state index is 0.249. The normalized spacial score (nSPS) is 18.1. The van der Waals surface area contributed by atoms with Crippen LogP contribution in [-0.4, -0.2) is 49.8 Å². The Bertz CT molecular complexity index is 809. The zero-order valence-corrected chi connectivity index (χ0v) is 17.2. The van der Waals surface area contributed by atoms with Gasteiger partial charge in [0, 0.05) is 0 Å². The van der Waals surface area contributed by atoms with Crippen LogP contribution in [0, 0.1) is 0 Å². The van der Waals surface area contributed by atoms with Gasteiger partial charge < -0.3 is 15.5 Å². The van der Waals surface area contributed by atoms with Crippen LogP contribution >= 0.6 is 0 Å². The Morgan fingerprint density at radius 1 is 1.18 bits per heavy atom. The lowest BCUT2D eigenvalue weighted by Crippen LogP contribution is -2.42. The number of imidazole rings is 1. The topological polar surface area (TPSA) is 102 Å². The smallest absolute Gasteiger partial charge is 0.361 e. The molecule has 0 aliphatic carbocycles. The van der Waals surface area contributed by atoms with Gasteiger partial charge in [-0.1, -0.05) is 26.2 Å². The summed E-state index contributed by atoms with van der Waals surface area (Å²) in [6.45, 7) is 7.83. The zero-order chi connectivity index (χ0) is 20.0. The Morgan fingerprint density at radius 3 is 2.64 bits per heavy atom. The highest BCUT2D eigenvalue weighted by atomic mass is 16.7. The third-order valence-electron chi connectivity index (χ3n) is 5.68. The maximum absolute atomic E-state index is 12.4. The summed E-state index contributed by atoms with van der Waals surface area (Å²) < 4.78 is 1.25. The van der Waals surface area contributed by atoms with Crippen molar-refractivity contribution in [3.8, 4) is 0 Å². The minimum atomic E-state index is -0.424. The lowest BCUT2D eigenvalue weighted by Gasteiger charge is -2.30. The Balaban J connectivity index is 1.62. The van der Waals surface area contributed by atoms with Crippen LogP contribution in [-0.2, 0) is 0 Å². The van der Waals surface area contributed by atoms with E-state index in [1.54, 1.807) is 0 Å². The number of nitrogens with zero attached hydrogens (tertiary/aromatic N) is 4. The molecule has 3 heterocycles. The van der Waals surface area contributed by atoms with E-state index in [-0.39, 0.29) is 11.5 Å². The van der Waals surface area contributed by atoms with Crippen LogP contribution in [0.5, 0.6) is 0 Å². The molecule has 8 nitrogen and oxygen atoms in total. The molecule has 0 unspecified atom stereocenters. The van der Waals surface area contributed by atoms with Gasteiger partial charge in [-0.15, -0.1) is 4.73 Å². The fourth-order valence-electron chi connectivity index (χ4n) is 4.16. The number of nitrogen functional groups attached to an aromatic ring is 1. The number of H-pyrrole nitrogens is 1. The molecule has 1 aliphatic heterocycles. The van der Waals surface area contributed by atoms with E-state index in [9.17, 15) is 4.79 Å². The molecule has 1 aliphatic rings. The number of rotatable bonds is 9. The number of fused-ring (bicyclic) bond motifs is 1. The predicted octanol–water partition coefficient (Wildman–Crippen LogP) is 2.74. The molecule has 0 bridgehead atoms. The minimum Gasteiger partial charge on any atom is -0.401 e. The third-order valence-corrected chi connectivity index (χ3v) is 5.68. The molecule has 0 saturated carbocycles. The van der Waals surface area contributed by atoms with Crippen molar-refractivity contribution in [2.45, 2.75) is 77.2 Å². The zero-order valence-electron chi connectivity index (χ0n) is 17.2. The maximum atomic E-state index is 12.4. The van der Waals surface area contributed by atoms with Crippen LogP contribution in [0.1, 0.15) is 71.6 Å². The molecule has 2 aromatic heterocycles. The van der Waals surface area contributed by atoms with Gasteiger partial charge in [0.05, 0.1) is 0 Å². The maximum Gasteiger partial charge on any atom is 0.361 e. The summed E-state index contributed by atoms with van der Waals surface area (Å²) in [5.74, 6) is 0.249. The van der Waals surface area contributed by atoms with Gasteiger partial charge >= 0.3 is 5.69 Å². The van der Waals surface area contributed by atoms with E-state index in [0.717, 1.165) is 38.6 Å². The third kappa shape index (κ3) is 5.04. The first kappa shape index (κ1) is 20.6. The number of anilines is 1. The average molecular weight is 391 g/mol. The van der Waals surface area contributed by atoms with Crippen LogP contribution in [0.15, 0.2) is 11.1 Å². The van der Waals surface area contributed by atoms with Gasteiger partial charge in [0.25, 0.3) is 0 Å². The summed E-state index contributed by atoms with van der Waals surface area (Å²) in [6.07, 6.45) is 11.7. The number of aromatic nitrogens is 4. The van der Waals surface area contributed by atoms with E-state index in [1.165, 1.54) is 49.8 Å². The van der Waals surface area contributed by atoms with Crippen molar-refractivity contribution < 1.29 is 4.84 Å². The lowest BCUT2D eigenvalue weighted by atomic mass is 9.94. The van der Waals surface area contributed by atoms with E-state index in [0.29, 0.717) is 11.2 Å². The average Bonchev–Trinajstić information content (AvgIpc) is 2.85. The Hall–Kier alpha value is -2.09. The van der Waals surface area contributed by atoms with Crippen LogP contribution < -0.4 is 16.3 Å². The molecule has 1 saturated heterocycles. The summed E-state index contributed by atoms with van der Waals surface area (Å²) in [6, 6.07) is 0. The molecule has 0 radical (unpaired) electrons. The largest absolute Gasteiger partial charge is 0.401 e. The van der Waals surface area contributed by atoms with Crippen LogP contribution in [0.25, 0.3) is 11.2 Å². The second-order valence-corrected chi connectivity index (χ2v) is 8.19. The van der Waals surface area contributed by atoms with Gasteiger partial charge in [0.15, 0.2) is 5.82 Å². The van der Waals surface area contributed by atoms with Crippen LogP contribution in [0.2, 0.25) is 0 Å². The fourth-order valence-corrected chi connectivity index (χ4v) is 4.16. The van der Waals surface area contributed by atoms with E-state index < -0.39 is 5.60 Å². The summed E-state index contributed by atoms with van der Waals surface area (Å²) in [4.78, 5) is 32.0. The lowest BCUT2D eigenvalue weighted by molar-refractivity contribution is -0.0541. The van der Waals surface area contributed by atoms with Gasteiger partial charge in [-0.2, -0.15) is 0 Å². The van der Waals surface area contributed by atoms with Gasteiger partial charge in [-0.05, 0) is 65.1 Å². The highest BCUT2D eigenvalue weighted by Gasteiger charge is 2.28. The monoisotopic (exact) mass is 390 g/mol. The van der Waals surface area contributed by atoms with Crippen molar-refractivity contribution in [2.75, 3.05) is 25.4 Å². The second-order valence-electron chi connectivity index (χ2n) is 8.19. The van der Waals surface area contributed by atoms with Crippen LogP contribution in [0.3, 0.4) is 0 Å². The second kappa shape index (κ2) is 9.41. The van der Waals surface area contributed by atoms with Crippen molar-refractivity contribution >= 4 is 17.0 Å². The number of likely N-dealkylation sites (tertiary alicyclic amines) is 1. The summed E-state index contributed by atoms with van der Waals surface area (Å²) in [5, 5.41) is 0. The van der Waals surface area contributed by atoms with Gasteiger partial charge in [0.2, 0.25) is 5.65 Å². The summed E-state index contributed by atoms with van der Waals surface area (Å²) in [7, 11) is 0. The van der Waals surface area contributed by atoms with E-state index in [2.05, 4.69) is 33.7 Å². The molecule has 8 heteroatoms. The van der Waals surface area contributed by atoms with Crippen molar-refractivity contribution in [1.29, 1.82) is 0 Å². The molecule has 1 atom stereocenters. The van der Waals surface area contributed by atoms with Gasteiger partial charge in [-0.25, -0.2) is 14.8 Å². The first-order chi connectivity index (χ1) is 13.5. The molecule has 156 valence electrons. The van der Waals surface area contributed by atoms with Gasteiger partial charge in [0.1, 0.15) is 17.4 Å². The molecule has 0 aromatic carbocycles. The molecule has 0 spiro atoms. The molecular formula is C20H34N6O2. The molecule has 0 amide bonds. The molecular weight excluding hydrogens is 356 g/mol. The van der Waals surface area contributed by atoms with Crippen molar-refractivity contribution in [3.05, 3.63) is 16.8 Å². The summed E-state index contributed by atoms with van der Waals surface area (Å²) >= 11 is 0. The fraction of sp³-hybridized carbons (Fsp3) is 0.750. The highest BCUT2D eigenvalue weighted by molar-refractivity contribution is 5.80. The van der Waals surface area contributed by atoms with E-state index in [4.69, 9.17) is 10.6 Å². The van der Waals surface area contributed by atoms with E-state index in [1.807, 2.05) is 0 Å². The Kier molecular flexibility index (Phi) is 6.93. The molecule has 2 aromatic rings. The molecule has 3 rings (SSSR count). The number of nitrogens with two attached hydrogens (primary N) is 1. The number of unbranched alkanes of at least 4 members (excludes halogenated alkanes) is 1. The van der Waals surface area contributed by atoms with E-state index >= 15 is 0 Å². The molecule has 28 heavy (non-hydrogen) atoms. The first-order valence-electron chi connectivity index (χ1n) is 10.7. The Morgan fingerprint density at radius 2 is 1.93 bits per heavy atom. The number of hydrogen-bond donors (Lipinski definition) is 2. The summed E-state index contributed by atoms with van der Waals surface area (Å²) in [5.41, 5.74) is 5.87. The van der Waals surface area contributed by atoms with Crippen molar-refractivity contribution in [2.24, 2.45) is 0 Å². The highest BCUT2D eigenvalue weighted by Crippen LogP contribution is 2.23. The van der Waals surface area contributed by atoms with Crippen LogP contribution in [0.4, 0.5) is 5.82 Å². The standard InChI is InChI=1S/C20H34N6O2/c1-3-10-20(2,11-6-9-14-25-12-7-4-5-8-13-25)28-26-18-16(24-19(26)27)17(21)22-15-23-18/h15H,3-14H2,1-2H3,(H,24,27)(H2,21,22,23)/t20-/m0/s1. The Labute approximate surface area is 166 Å². The number of nitrogens with one attached hydrogen (secondary N) is 1. The first-order valence-corrected chi connectivity index (χ1v) is 10.7. The predicted molar refractivity (Wildman–Crippen MR) is 111 cm³/mol.